The van der Waals surface area contributed by atoms with Crippen molar-refractivity contribution in [1.82, 2.24) is 20.4 Å². The van der Waals surface area contributed by atoms with Crippen LogP contribution in [0.15, 0.2) is 4.52 Å². The number of amides is 2. The smallest absolute Gasteiger partial charge is 0.318 e. The summed E-state index contributed by atoms with van der Waals surface area (Å²) < 4.78 is 5.21. The van der Waals surface area contributed by atoms with Crippen molar-refractivity contribution < 1.29 is 19.2 Å². The number of urea groups is 1. The third-order valence-electron chi connectivity index (χ3n) is 3.61. The Bertz CT molecular complexity index is 529. The van der Waals surface area contributed by atoms with E-state index in [4.69, 9.17) is 9.63 Å². The minimum absolute atomic E-state index is 0.0479. The summed E-state index contributed by atoms with van der Waals surface area (Å²) in [6.07, 6.45) is 2.16. The molecule has 2 amide bonds. The quantitative estimate of drug-likeness (QED) is 0.777. The number of likely N-dealkylation sites (tertiary alicyclic amines) is 1. The topological polar surface area (TPSA) is 109 Å². The maximum atomic E-state index is 12.2. The highest BCUT2D eigenvalue weighted by molar-refractivity contribution is 5.75. The third kappa shape index (κ3) is 3.96. The van der Waals surface area contributed by atoms with Crippen molar-refractivity contribution in [1.29, 1.82) is 0 Å². The van der Waals surface area contributed by atoms with Crippen molar-refractivity contribution in [3.8, 4) is 0 Å². The molecule has 1 aromatic rings. The summed E-state index contributed by atoms with van der Waals surface area (Å²) >= 11 is 0. The van der Waals surface area contributed by atoms with Gasteiger partial charge in [0.15, 0.2) is 5.82 Å². The Kier molecular flexibility index (Phi) is 5.35. The summed E-state index contributed by atoms with van der Waals surface area (Å²) in [7, 11) is 0. The van der Waals surface area contributed by atoms with Gasteiger partial charge in [-0.1, -0.05) is 19.0 Å². The highest BCUT2D eigenvalue weighted by Gasteiger charge is 2.33. The number of aliphatic carboxylic acids is 1. The zero-order chi connectivity index (χ0) is 16.1. The Labute approximate surface area is 128 Å². The number of carboxylic acid groups (broad SMARTS) is 1. The first-order valence-corrected chi connectivity index (χ1v) is 7.58. The van der Waals surface area contributed by atoms with Crippen LogP contribution >= 0.6 is 0 Å². The lowest BCUT2D eigenvalue weighted by Gasteiger charge is -2.22. The molecule has 0 saturated carbocycles. The first-order valence-electron chi connectivity index (χ1n) is 7.58. The number of carbonyl (C=O) groups is 2. The fraction of sp³-hybridized carbons (Fsp3) is 0.714. The molecular weight excluding hydrogens is 288 g/mol. The van der Waals surface area contributed by atoms with Gasteiger partial charge in [-0.15, -0.1) is 0 Å². The van der Waals surface area contributed by atoms with Crippen molar-refractivity contribution in [3.05, 3.63) is 11.7 Å². The summed E-state index contributed by atoms with van der Waals surface area (Å²) in [5.74, 6) is 0.410. The highest BCUT2D eigenvalue weighted by atomic mass is 16.5. The molecule has 1 atom stereocenters. The maximum absolute atomic E-state index is 12.2. The molecule has 0 spiro atoms. The van der Waals surface area contributed by atoms with E-state index in [1.807, 2.05) is 13.8 Å². The largest absolute Gasteiger partial charge is 0.481 e. The number of nitrogens with zero attached hydrogens (tertiary/aromatic N) is 3. The van der Waals surface area contributed by atoms with Crippen LogP contribution in [0.3, 0.4) is 0 Å². The van der Waals surface area contributed by atoms with Gasteiger partial charge in [-0.2, -0.15) is 4.98 Å². The molecule has 0 aliphatic carbocycles. The molecule has 1 aliphatic heterocycles. The van der Waals surface area contributed by atoms with E-state index in [0.29, 0.717) is 31.2 Å². The Morgan fingerprint density at radius 1 is 1.50 bits per heavy atom. The van der Waals surface area contributed by atoms with Crippen LogP contribution in [0.4, 0.5) is 4.79 Å². The highest BCUT2D eigenvalue weighted by Crippen LogP contribution is 2.30. The fourth-order valence-corrected chi connectivity index (χ4v) is 2.43. The van der Waals surface area contributed by atoms with Gasteiger partial charge in [0.1, 0.15) is 0 Å². The van der Waals surface area contributed by atoms with Crippen LogP contribution in [-0.2, 0) is 4.79 Å². The Morgan fingerprint density at radius 2 is 2.27 bits per heavy atom. The molecule has 0 bridgehead atoms. The number of carboxylic acids is 1. The molecule has 22 heavy (non-hydrogen) atoms. The van der Waals surface area contributed by atoms with E-state index in [1.165, 1.54) is 0 Å². The van der Waals surface area contributed by atoms with Gasteiger partial charge in [-0.05, 0) is 19.3 Å². The number of carbonyl (C=O) groups excluding carboxylic acids is 1. The summed E-state index contributed by atoms with van der Waals surface area (Å²) in [4.78, 5) is 28.7. The van der Waals surface area contributed by atoms with Crippen LogP contribution in [0.25, 0.3) is 0 Å². The van der Waals surface area contributed by atoms with Crippen molar-refractivity contribution >= 4 is 12.0 Å². The Hall–Kier alpha value is -2.12. The van der Waals surface area contributed by atoms with Crippen LogP contribution in [-0.4, -0.2) is 45.2 Å². The van der Waals surface area contributed by atoms with Gasteiger partial charge >= 0.3 is 12.0 Å². The van der Waals surface area contributed by atoms with Crippen molar-refractivity contribution in [2.45, 2.75) is 51.5 Å². The minimum Gasteiger partial charge on any atom is -0.481 e. The van der Waals surface area contributed by atoms with E-state index < -0.39 is 5.97 Å². The number of rotatable bonds is 6. The van der Waals surface area contributed by atoms with E-state index in [2.05, 4.69) is 15.5 Å². The van der Waals surface area contributed by atoms with Gasteiger partial charge in [-0.3, -0.25) is 4.79 Å². The van der Waals surface area contributed by atoms with E-state index >= 15 is 0 Å². The SMILES string of the molecule is CC(C)c1nc(C2CCCN2C(=O)NCCCC(=O)O)no1. The predicted octanol–water partition coefficient (Wildman–Crippen LogP) is 1.90. The Morgan fingerprint density at radius 3 is 2.91 bits per heavy atom. The molecule has 1 unspecified atom stereocenters. The molecule has 1 aromatic heterocycles. The van der Waals surface area contributed by atoms with E-state index in [0.717, 1.165) is 12.8 Å². The molecular formula is C14H22N4O4. The van der Waals surface area contributed by atoms with Gasteiger partial charge in [0.25, 0.3) is 0 Å². The van der Waals surface area contributed by atoms with Crippen molar-refractivity contribution in [2.75, 3.05) is 13.1 Å². The first-order chi connectivity index (χ1) is 10.5. The number of hydrogen-bond donors (Lipinski definition) is 2. The van der Waals surface area contributed by atoms with Gasteiger partial charge in [-0.25, -0.2) is 4.79 Å². The molecule has 0 aromatic carbocycles. The number of nitrogens with one attached hydrogen (secondary N) is 1. The Balaban J connectivity index is 1.91. The summed E-state index contributed by atoms with van der Waals surface area (Å²) in [6.45, 7) is 4.93. The number of hydrogen-bond acceptors (Lipinski definition) is 5. The van der Waals surface area contributed by atoms with Crippen LogP contribution in [0.5, 0.6) is 0 Å². The summed E-state index contributed by atoms with van der Waals surface area (Å²) in [5, 5.41) is 15.3. The average Bonchev–Trinajstić information content (AvgIpc) is 3.10. The van der Waals surface area contributed by atoms with Crippen LogP contribution < -0.4 is 5.32 Å². The lowest BCUT2D eigenvalue weighted by molar-refractivity contribution is -0.137. The molecule has 1 aliphatic rings. The molecule has 8 nitrogen and oxygen atoms in total. The van der Waals surface area contributed by atoms with Crippen molar-refractivity contribution in [2.24, 2.45) is 0 Å². The molecule has 1 saturated heterocycles. The zero-order valence-corrected chi connectivity index (χ0v) is 12.9. The van der Waals surface area contributed by atoms with Crippen LogP contribution in [0.1, 0.15) is 63.2 Å². The van der Waals surface area contributed by atoms with Crippen LogP contribution in [0, 0.1) is 0 Å². The zero-order valence-electron chi connectivity index (χ0n) is 12.9. The second-order valence-electron chi connectivity index (χ2n) is 5.73. The maximum Gasteiger partial charge on any atom is 0.318 e. The second-order valence-corrected chi connectivity index (χ2v) is 5.73. The van der Waals surface area contributed by atoms with Gasteiger partial charge in [0.05, 0.1) is 6.04 Å². The van der Waals surface area contributed by atoms with Crippen LogP contribution in [0.2, 0.25) is 0 Å². The molecule has 0 radical (unpaired) electrons. The molecule has 2 rings (SSSR count). The predicted molar refractivity (Wildman–Crippen MR) is 77.3 cm³/mol. The minimum atomic E-state index is -0.860. The molecule has 2 N–H and O–H groups in total. The van der Waals surface area contributed by atoms with E-state index in [1.54, 1.807) is 4.90 Å². The second kappa shape index (κ2) is 7.24. The summed E-state index contributed by atoms with van der Waals surface area (Å²) in [6, 6.07) is -0.375. The van der Waals surface area contributed by atoms with E-state index in [-0.39, 0.29) is 24.4 Å². The molecule has 2 heterocycles. The van der Waals surface area contributed by atoms with E-state index in [9.17, 15) is 9.59 Å². The lowest BCUT2D eigenvalue weighted by Crippen LogP contribution is -2.40. The normalized spacial score (nSPS) is 18.0. The fourth-order valence-electron chi connectivity index (χ4n) is 2.43. The average molecular weight is 310 g/mol. The van der Waals surface area contributed by atoms with Gasteiger partial charge in [0.2, 0.25) is 5.89 Å². The van der Waals surface area contributed by atoms with Crippen molar-refractivity contribution in [3.63, 3.8) is 0 Å². The monoisotopic (exact) mass is 310 g/mol. The standard InChI is InChI=1S/C14H22N4O4/c1-9(2)13-16-12(17-22-13)10-5-4-8-18(10)14(21)15-7-3-6-11(19)20/h9-10H,3-8H2,1-2H3,(H,15,21)(H,19,20). The molecule has 122 valence electrons. The third-order valence-corrected chi connectivity index (χ3v) is 3.61. The lowest BCUT2D eigenvalue weighted by atomic mass is 10.2. The van der Waals surface area contributed by atoms with Gasteiger partial charge in [0, 0.05) is 25.4 Å². The first kappa shape index (κ1) is 16.3. The summed E-state index contributed by atoms with van der Waals surface area (Å²) in [5.41, 5.74) is 0. The van der Waals surface area contributed by atoms with Gasteiger partial charge < -0.3 is 19.8 Å². The molecule has 1 fully saturated rings. The number of aromatic nitrogens is 2. The molecule has 8 heteroatoms.